The molecule has 3 aromatic rings. The molecular weight excluding hydrogens is 332 g/mol. The molecule has 0 saturated heterocycles. The van der Waals surface area contributed by atoms with Crippen LogP contribution in [0.1, 0.15) is 21.7 Å². The maximum absolute atomic E-state index is 11.8. The summed E-state index contributed by atoms with van der Waals surface area (Å²) in [5.74, 6) is -0.241. The topological polar surface area (TPSA) is 80.9 Å². The van der Waals surface area contributed by atoms with Gasteiger partial charge in [-0.3, -0.25) is 4.79 Å². The number of furan rings is 1. The average Bonchev–Trinajstić information content (AvgIpc) is 3.19. The lowest BCUT2D eigenvalue weighted by Gasteiger charge is -2.02. The number of hydrogen-bond acceptors (Lipinski definition) is 5. The molecule has 0 atom stereocenters. The van der Waals surface area contributed by atoms with Crippen molar-refractivity contribution in [3.8, 4) is 5.75 Å². The summed E-state index contributed by atoms with van der Waals surface area (Å²) in [6.07, 6.45) is 3.18. The van der Waals surface area contributed by atoms with Gasteiger partial charge < -0.3 is 9.15 Å². The molecule has 130 valence electrons. The summed E-state index contributed by atoms with van der Waals surface area (Å²) < 4.78 is 10.1. The molecule has 0 fully saturated rings. The van der Waals surface area contributed by atoms with E-state index < -0.39 is 5.97 Å². The second-order valence-electron chi connectivity index (χ2n) is 5.39. The van der Waals surface area contributed by atoms with Gasteiger partial charge in [0.05, 0.1) is 18.9 Å². The van der Waals surface area contributed by atoms with Crippen molar-refractivity contribution in [2.45, 2.75) is 6.42 Å². The first-order valence-corrected chi connectivity index (χ1v) is 7.92. The maximum Gasteiger partial charge on any atom is 0.379 e. The van der Waals surface area contributed by atoms with Crippen molar-refractivity contribution in [2.75, 3.05) is 0 Å². The number of carbonyl (C=O) groups is 2. The third-order valence-electron chi connectivity index (χ3n) is 3.42. The highest BCUT2D eigenvalue weighted by molar-refractivity contribution is 5.88. The van der Waals surface area contributed by atoms with Crippen LogP contribution in [0.2, 0.25) is 0 Å². The van der Waals surface area contributed by atoms with E-state index in [1.807, 2.05) is 30.3 Å². The van der Waals surface area contributed by atoms with Gasteiger partial charge in [0.2, 0.25) is 11.7 Å². The van der Waals surface area contributed by atoms with Gasteiger partial charge in [0.15, 0.2) is 0 Å². The molecule has 0 aliphatic heterocycles. The second kappa shape index (κ2) is 8.43. The quantitative estimate of drug-likeness (QED) is 0.321. The first-order valence-electron chi connectivity index (χ1n) is 7.92. The molecule has 0 aliphatic carbocycles. The van der Waals surface area contributed by atoms with Crippen molar-refractivity contribution in [1.82, 2.24) is 5.43 Å². The second-order valence-corrected chi connectivity index (χ2v) is 5.39. The zero-order valence-electron chi connectivity index (χ0n) is 13.8. The largest absolute Gasteiger partial charge is 0.457 e. The van der Waals surface area contributed by atoms with Crippen LogP contribution in [0.3, 0.4) is 0 Å². The van der Waals surface area contributed by atoms with Gasteiger partial charge in [-0.2, -0.15) is 5.10 Å². The van der Waals surface area contributed by atoms with Crippen LogP contribution >= 0.6 is 0 Å². The molecule has 0 saturated carbocycles. The minimum atomic E-state index is -0.565. The number of esters is 1. The van der Waals surface area contributed by atoms with E-state index in [0.717, 1.165) is 11.1 Å². The summed E-state index contributed by atoms with van der Waals surface area (Å²) in [6.45, 7) is 0. The van der Waals surface area contributed by atoms with Gasteiger partial charge >= 0.3 is 5.97 Å². The highest BCUT2D eigenvalue weighted by Crippen LogP contribution is 2.13. The van der Waals surface area contributed by atoms with Crippen LogP contribution in [0, 0.1) is 0 Å². The summed E-state index contributed by atoms with van der Waals surface area (Å²) in [5, 5.41) is 3.92. The molecule has 0 aliphatic rings. The number of nitrogens with zero attached hydrogens (tertiary/aromatic N) is 1. The Balaban J connectivity index is 1.50. The number of hydrazone groups is 1. The van der Waals surface area contributed by atoms with Crippen molar-refractivity contribution in [3.63, 3.8) is 0 Å². The minimum absolute atomic E-state index is 0.136. The van der Waals surface area contributed by atoms with Gasteiger partial charge in [-0.05, 0) is 47.5 Å². The Kier molecular flexibility index (Phi) is 5.57. The number of benzene rings is 2. The fraction of sp³-hybridized carbons (Fsp3) is 0.0500. The van der Waals surface area contributed by atoms with Crippen LogP contribution in [-0.2, 0) is 11.2 Å². The number of nitrogens with one attached hydrogen (secondary N) is 1. The van der Waals surface area contributed by atoms with Crippen molar-refractivity contribution in [2.24, 2.45) is 5.10 Å². The van der Waals surface area contributed by atoms with E-state index in [2.05, 4.69) is 10.5 Å². The van der Waals surface area contributed by atoms with Crippen LogP contribution in [0.4, 0.5) is 0 Å². The van der Waals surface area contributed by atoms with E-state index in [-0.39, 0.29) is 18.1 Å². The van der Waals surface area contributed by atoms with Crippen LogP contribution in [0.5, 0.6) is 5.75 Å². The van der Waals surface area contributed by atoms with Crippen molar-refractivity contribution >= 4 is 18.1 Å². The zero-order chi connectivity index (χ0) is 18.2. The van der Waals surface area contributed by atoms with E-state index in [4.69, 9.17) is 9.15 Å². The summed E-state index contributed by atoms with van der Waals surface area (Å²) in [7, 11) is 0. The molecule has 1 N–H and O–H groups in total. The molecule has 3 rings (SSSR count). The van der Waals surface area contributed by atoms with Crippen LogP contribution < -0.4 is 10.2 Å². The number of ether oxygens (including phenoxy) is 1. The normalized spacial score (nSPS) is 10.6. The molecule has 6 heteroatoms. The van der Waals surface area contributed by atoms with Crippen molar-refractivity contribution in [3.05, 3.63) is 89.9 Å². The highest BCUT2D eigenvalue weighted by Gasteiger charge is 2.10. The molecule has 0 bridgehead atoms. The fourth-order valence-corrected chi connectivity index (χ4v) is 2.17. The predicted molar refractivity (Wildman–Crippen MR) is 96.0 cm³/mol. The molecule has 0 radical (unpaired) electrons. The van der Waals surface area contributed by atoms with E-state index in [0.29, 0.717) is 5.75 Å². The van der Waals surface area contributed by atoms with Crippen LogP contribution in [0.25, 0.3) is 0 Å². The lowest BCUT2D eigenvalue weighted by atomic mass is 10.1. The van der Waals surface area contributed by atoms with Gasteiger partial charge in [-0.15, -0.1) is 0 Å². The molecule has 2 aromatic carbocycles. The molecule has 6 nitrogen and oxygen atoms in total. The lowest BCUT2D eigenvalue weighted by Crippen LogP contribution is -2.19. The summed E-state index contributed by atoms with van der Waals surface area (Å²) in [6, 6.07) is 19.3. The highest BCUT2D eigenvalue weighted by atomic mass is 16.5. The number of hydrogen-bond donors (Lipinski definition) is 1. The standard InChI is InChI=1S/C20H16N2O4/c23-19(13-15-5-2-1-3-6-15)22-21-14-16-8-10-17(11-9-16)26-20(24)18-7-4-12-25-18/h1-12,14H,13H2,(H,22,23). The maximum atomic E-state index is 11.8. The van der Waals surface area contributed by atoms with Crippen LogP contribution in [-0.4, -0.2) is 18.1 Å². The molecule has 26 heavy (non-hydrogen) atoms. The summed E-state index contributed by atoms with van der Waals surface area (Å²) in [5.41, 5.74) is 4.15. The zero-order valence-corrected chi connectivity index (χ0v) is 13.8. The first kappa shape index (κ1) is 17.2. The summed E-state index contributed by atoms with van der Waals surface area (Å²) in [4.78, 5) is 23.6. The third-order valence-corrected chi connectivity index (χ3v) is 3.42. The first-order chi connectivity index (χ1) is 12.7. The average molecular weight is 348 g/mol. The smallest absolute Gasteiger partial charge is 0.379 e. The van der Waals surface area contributed by atoms with Gasteiger partial charge in [-0.25, -0.2) is 10.2 Å². The van der Waals surface area contributed by atoms with Crippen molar-refractivity contribution in [1.29, 1.82) is 0 Å². The Labute approximate surface area is 150 Å². The van der Waals surface area contributed by atoms with Crippen LogP contribution in [0.15, 0.2) is 82.5 Å². The molecule has 1 aromatic heterocycles. The molecule has 1 heterocycles. The Bertz CT molecular complexity index is 885. The SMILES string of the molecule is O=C(Cc1ccccc1)NN=Cc1ccc(OC(=O)c2ccco2)cc1. The van der Waals surface area contributed by atoms with E-state index in [9.17, 15) is 9.59 Å². The van der Waals surface area contributed by atoms with Gasteiger partial charge in [0.1, 0.15) is 5.75 Å². The van der Waals surface area contributed by atoms with E-state index in [1.54, 1.807) is 30.3 Å². The monoisotopic (exact) mass is 348 g/mol. The van der Waals surface area contributed by atoms with Gasteiger partial charge in [0.25, 0.3) is 0 Å². The third kappa shape index (κ3) is 4.91. The number of amides is 1. The van der Waals surface area contributed by atoms with Gasteiger partial charge in [0, 0.05) is 0 Å². The predicted octanol–water partition coefficient (Wildman–Crippen LogP) is 3.19. The lowest BCUT2D eigenvalue weighted by molar-refractivity contribution is -0.120. The fourth-order valence-electron chi connectivity index (χ4n) is 2.17. The van der Waals surface area contributed by atoms with E-state index >= 15 is 0 Å². The molecular formula is C20H16N2O4. The Morgan fingerprint density at radius 1 is 1.00 bits per heavy atom. The molecule has 1 amide bonds. The Morgan fingerprint density at radius 3 is 2.46 bits per heavy atom. The number of rotatable bonds is 6. The molecule has 0 spiro atoms. The summed E-state index contributed by atoms with van der Waals surface area (Å²) >= 11 is 0. The minimum Gasteiger partial charge on any atom is -0.457 e. The van der Waals surface area contributed by atoms with Crippen molar-refractivity contribution < 1.29 is 18.7 Å². The van der Waals surface area contributed by atoms with Gasteiger partial charge in [-0.1, -0.05) is 30.3 Å². The molecule has 0 unspecified atom stereocenters. The Morgan fingerprint density at radius 2 is 1.77 bits per heavy atom. The number of carbonyl (C=O) groups excluding carboxylic acids is 2. The Hall–Kier alpha value is -3.67. The van der Waals surface area contributed by atoms with E-state index in [1.165, 1.54) is 18.5 Å².